The van der Waals surface area contributed by atoms with E-state index in [1.165, 1.54) is 11.1 Å². The van der Waals surface area contributed by atoms with Crippen molar-refractivity contribution >= 4 is 21.9 Å². The van der Waals surface area contributed by atoms with Crippen LogP contribution in [0.3, 0.4) is 0 Å². The molecule has 4 nitrogen and oxygen atoms in total. The van der Waals surface area contributed by atoms with Crippen molar-refractivity contribution in [3.63, 3.8) is 0 Å². The van der Waals surface area contributed by atoms with Crippen LogP contribution in [0.25, 0.3) is 0 Å². The van der Waals surface area contributed by atoms with Gasteiger partial charge in [-0.25, -0.2) is 0 Å². The van der Waals surface area contributed by atoms with Crippen molar-refractivity contribution in [3.8, 4) is 5.75 Å². The van der Waals surface area contributed by atoms with Gasteiger partial charge in [0.05, 0.1) is 12.0 Å². The van der Waals surface area contributed by atoms with E-state index in [-0.39, 0.29) is 22.9 Å². The Hall–Kier alpha value is -1.85. The van der Waals surface area contributed by atoms with E-state index in [4.69, 9.17) is 9.47 Å². The van der Waals surface area contributed by atoms with Crippen molar-refractivity contribution in [1.82, 2.24) is 0 Å². The molecule has 1 saturated carbocycles. The molecule has 2 aliphatic carbocycles. The summed E-state index contributed by atoms with van der Waals surface area (Å²) in [5.74, 6) is -0.119. The number of carbonyl (C=O) groups is 1. The Morgan fingerprint density at radius 2 is 2.03 bits per heavy atom. The van der Waals surface area contributed by atoms with Crippen molar-refractivity contribution in [2.24, 2.45) is 11.3 Å². The van der Waals surface area contributed by atoms with Gasteiger partial charge in [-0.15, -0.1) is 0 Å². The van der Waals surface area contributed by atoms with E-state index in [1.54, 1.807) is 7.11 Å². The first-order valence-electron chi connectivity index (χ1n) is 11.0. The molecule has 166 valence electrons. The zero-order chi connectivity index (χ0) is 22.4. The summed E-state index contributed by atoms with van der Waals surface area (Å²) in [7, 11) is 1.75. The van der Waals surface area contributed by atoms with Gasteiger partial charge in [-0.1, -0.05) is 48.8 Å². The lowest BCUT2D eigenvalue weighted by molar-refractivity contribution is -0.139. The van der Waals surface area contributed by atoms with E-state index in [1.807, 2.05) is 6.07 Å². The van der Waals surface area contributed by atoms with E-state index in [0.717, 1.165) is 47.0 Å². The number of rotatable bonds is 6. The van der Waals surface area contributed by atoms with Crippen molar-refractivity contribution < 1.29 is 19.4 Å². The van der Waals surface area contributed by atoms with Gasteiger partial charge in [-0.3, -0.25) is 4.79 Å². The summed E-state index contributed by atoms with van der Waals surface area (Å²) in [6.45, 7) is 6.96. The first-order chi connectivity index (χ1) is 14.7. The maximum atomic E-state index is 11.6. The zero-order valence-corrected chi connectivity index (χ0v) is 20.3. The third kappa shape index (κ3) is 4.27. The number of aryl methyl sites for hydroxylation is 1. The van der Waals surface area contributed by atoms with Crippen LogP contribution < -0.4 is 4.74 Å². The number of halogens is 1. The highest BCUT2D eigenvalue weighted by atomic mass is 79.9. The zero-order valence-electron chi connectivity index (χ0n) is 18.7. The van der Waals surface area contributed by atoms with Crippen LogP contribution in [0.2, 0.25) is 0 Å². The average molecular weight is 487 g/mol. The molecule has 5 heteroatoms. The normalized spacial score (nSPS) is 23.3. The molecule has 0 aromatic heterocycles. The standard InChI is InChI=1S/C26H31BrO4/c1-25(2,3)23(30-4)19-12-16(7-10-22(19)27)15-31-18-9-8-17-6-5-11-26(20(17)13-18)14-21(26)24(28)29/h7-10,12-13,21,23H,5-6,11,14-15H2,1-4H3,(H,28,29)/t21-,23-,26-/m0/s1. The molecule has 1 spiro atoms. The molecule has 1 fully saturated rings. The lowest BCUT2D eigenvalue weighted by atomic mass is 9.78. The first kappa shape index (κ1) is 22.3. The number of fused-ring (bicyclic) bond motifs is 2. The summed E-state index contributed by atoms with van der Waals surface area (Å²) < 4.78 is 13.0. The third-order valence-electron chi connectivity index (χ3n) is 6.83. The monoisotopic (exact) mass is 486 g/mol. The van der Waals surface area contributed by atoms with Crippen LogP contribution in [0.4, 0.5) is 0 Å². The Bertz CT molecular complexity index is 993. The number of hydrogen-bond acceptors (Lipinski definition) is 3. The predicted octanol–water partition coefficient (Wildman–Crippen LogP) is 6.44. The van der Waals surface area contributed by atoms with Crippen LogP contribution in [-0.2, 0) is 28.0 Å². The predicted molar refractivity (Wildman–Crippen MR) is 124 cm³/mol. The van der Waals surface area contributed by atoms with Crippen LogP contribution in [-0.4, -0.2) is 18.2 Å². The smallest absolute Gasteiger partial charge is 0.307 e. The molecule has 2 aliphatic rings. The second-order valence-electron chi connectivity index (χ2n) is 10.0. The molecular formula is C26H31BrO4. The minimum atomic E-state index is -0.673. The fraction of sp³-hybridized carbons (Fsp3) is 0.500. The molecule has 0 bridgehead atoms. The van der Waals surface area contributed by atoms with Gasteiger partial charge in [0.15, 0.2) is 0 Å². The third-order valence-corrected chi connectivity index (χ3v) is 7.55. The SMILES string of the molecule is CO[C@@H](c1cc(COc2ccc3c(c2)[C@]2(CCC3)C[C@H]2C(=O)O)ccc1Br)C(C)(C)C. The van der Waals surface area contributed by atoms with E-state index < -0.39 is 5.97 Å². The highest BCUT2D eigenvalue weighted by molar-refractivity contribution is 9.10. The number of carboxylic acid groups (broad SMARTS) is 1. The Morgan fingerprint density at radius 1 is 1.26 bits per heavy atom. The van der Waals surface area contributed by atoms with Gasteiger partial charge in [0.25, 0.3) is 0 Å². The van der Waals surface area contributed by atoms with Crippen molar-refractivity contribution in [2.75, 3.05) is 7.11 Å². The molecule has 0 saturated heterocycles. The molecule has 1 N–H and O–H groups in total. The van der Waals surface area contributed by atoms with E-state index >= 15 is 0 Å². The lowest BCUT2D eigenvalue weighted by Gasteiger charge is -2.30. The molecule has 0 radical (unpaired) electrons. The molecule has 0 aliphatic heterocycles. The molecule has 2 aromatic carbocycles. The molecule has 3 atom stereocenters. The average Bonchev–Trinajstić information content (AvgIpc) is 3.43. The van der Waals surface area contributed by atoms with Crippen LogP contribution in [0.15, 0.2) is 40.9 Å². The van der Waals surface area contributed by atoms with Crippen molar-refractivity contribution in [1.29, 1.82) is 0 Å². The lowest BCUT2D eigenvalue weighted by Crippen LogP contribution is -2.21. The van der Waals surface area contributed by atoms with E-state index in [0.29, 0.717) is 6.61 Å². The summed E-state index contributed by atoms with van der Waals surface area (Å²) in [6.07, 6.45) is 3.76. The number of benzene rings is 2. The first-order valence-corrected chi connectivity index (χ1v) is 11.7. The number of carboxylic acids is 1. The van der Waals surface area contributed by atoms with Crippen LogP contribution >= 0.6 is 15.9 Å². The largest absolute Gasteiger partial charge is 0.489 e. The maximum absolute atomic E-state index is 11.6. The van der Waals surface area contributed by atoms with Gasteiger partial charge in [0.1, 0.15) is 12.4 Å². The Labute approximate surface area is 193 Å². The number of aliphatic carboxylic acids is 1. The summed E-state index contributed by atoms with van der Waals surface area (Å²) in [5, 5.41) is 9.54. The summed E-state index contributed by atoms with van der Waals surface area (Å²) in [5.41, 5.74) is 4.44. The number of ether oxygens (including phenoxy) is 2. The van der Waals surface area contributed by atoms with Gasteiger partial charge in [-0.2, -0.15) is 0 Å². The Balaban J connectivity index is 1.54. The Morgan fingerprint density at radius 3 is 2.68 bits per heavy atom. The topological polar surface area (TPSA) is 55.8 Å². The minimum Gasteiger partial charge on any atom is -0.489 e. The van der Waals surface area contributed by atoms with E-state index in [9.17, 15) is 9.90 Å². The highest BCUT2D eigenvalue weighted by Crippen LogP contribution is 2.60. The van der Waals surface area contributed by atoms with Crippen molar-refractivity contribution in [3.05, 3.63) is 63.1 Å². The fourth-order valence-electron chi connectivity index (χ4n) is 5.26. The van der Waals surface area contributed by atoms with Gasteiger partial charge in [0.2, 0.25) is 0 Å². The number of methoxy groups -OCH3 is 1. The second kappa shape index (κ2) is 8.25. The van der Waals surface area contributed by atoms with Crippen LogP contribution in [0.5, 0.6) is 5.75 Å². The number of hydrogen-bond donors (Lipinski definition) is 1. The molecule has 31 heavy (non-hydrogen) atoms. The maximum Gasteiger partial charge on any atom is 0.307 e. The highest BCUT2D eigenvalue weighted by Gasteiger charge is 2.60. The Kier molecular flexibility index (Phi) is 5.95. The van der Waals surface area contributed by atoms with Gasteiger partial charge < -0.3 is 14.6 Å². The van der Waals surface area contributed by atoms with Gasteiger partial charge in [0, 0.05) is 17.0 Å². The minimum absolute atomic E-state index is 0.0332. The summed E-state index contributed by atoms with van der Waals surface area (Å²) >= 11 is 3.67. The molecule has 0 heterocycles. The molecular weight excluding hydrogens is 456 g/mol. The fourth-order valence-corrected chi connectivity index (χ4v) is 5.71. The van der Waals surface area contributed by atoms with Crippen LogP contribution in [0, 0.1) is 11.3 Å². The van der Waals surface area contributed by atoms with E-state index in [2.05, 4.69) is 67.0 Å². The second-order valence-corrected chi connectivity index (χ2v) is 10.9. The summed E-state index contributed by atoms with van der Waals surface area (Å²) in [6, 6.07) is 12.5. The molecule has 4 rings (SSSR count). The van der Waals surface area contributed by atoms with Crippen molar-refractivity contribution in [2.45, 2.75) is 64.6 Å². The summed E-state index contributed by atoms with van der Waals surface area (Å²) in [4.78, 5) is 11.6. The molecule has 2 aromatic rings. The quantitative estimate of drug-likeness (QED) is 0.510. The van der Waals surface area contributed by atoms with Crippen LogP contribution in [0.1, 0.15) is 68.4 Å². The molecule has 0 amide bonds. The van der Waals surface area contributed by atoms with Gasteiger partial charge >= 0.3 is 5.97 Å². The van der Waals surface area contributed by atoms with Gasteiger partial charge in [-0.05, 0) is 77.6 Å². The molecule has 0 unspecified atom stereocenters.